The Labute approximate surface area is 205 Å². The van der Waals surface area contributed by atoms with E-state index in [1.54, 1.807) is 51.1 Å². The van der Waals surface area contributed by atoms with Crippen molar-refractivity contribution in [2.75, 3.05) is 25.0 Å². The SMILES string of the molecule is CCOc1ccc(NC(=O)C(C(C)C)N2C(=O)c3ccccc3C2=O)cc1S(=O)(=O)N1CCCC1. The van der Waals surface area contributed by atoms with Crippen LogP contribution < -0.4 is 10.1 Å². The Kier molecular flexibility index (Phi) is 6.95. The van der Waals surface area contributed by atoms with Gasteiger partial charge in [0.1, 0.15) is 16.7 Å². The Hall–Kier alpha value is -3.24. The maximum absolute atomic E-state index is 13.4. The van der Waals surface area contributed by atoms with Crippen molar-refractivity contribution >= 4 is 33.4 Å². The molecule has 9 nitrogen and oxygen atoms in total. The molecule has 0 aliphatic carbocycles. The molecular formula is C25H29N3O6S. The fourth-order valence-corrected chi connectivity index (χ4v) is 6.20. The Morgan fingerprint density at radius 3 is 2.17 bits per heavy atom. The number of carbonyl (C=O) groups is 3. The van der Waals surface area contributed by atoms with Crippen LogP contribution in [0.25, 0.3) is 0 Å². The zero-order valence-electron chi connectivity index (χ0n) is 20.0. The molecule has 10 heteroatoms. The molecule has 2 aromatic carbocycles. The number of imide groups is 1. The van der Waals surface area contributed by atoms with E-state index in [1.807, 2.05) is 0 Å². The number of rotatable bonds is 8. The second-order valence-corrected chi connectivity index (χ2v) is 10.8. The molecule has 1 atom stereocenters. The van der Waals surface area contributed by atoms with Crippen molar-refractivity contribution in [1.82, 2.24) is 9.21 Å². The Morgan fingerprint density at radius 2 is 1.63 bits per heavy atom. The number of carbonyl (C=O) groups excluding carboxylic acids is 3. The first-order valence-electron chi connectivity index (χ1n) is 11.7. The summed E-state index contributed by atoms with van der Waals surface area (Å²) in [6.45, 7) is 6.39. The summed E-state index contributed by atoms with van der Waals surface area (Å²) in [5.74, 6) is -1.80. The number of hydrogen-bond acceptors (Lipinski definition) is 6. The second-order valence-electron chi connectivity index (χ2n) is 8.91. The summed E-state index contributed by atoms with van der Waals surface area (Å²) < 4.78 is 33.5. The molecule has 1 N–H and O–H groups in total. The Morgan fingerprint density at radius 1 is 1.03 bits per heavy atom. The quantitative estimate of drug-likeness (QED) is 0.559. The monoisotopic (exact) mass is 499 g/mol. The van der Waals surface area contributed by atoms with Crippen LogP contribution in [0.3, 0.4) is 0 Å². The molecule has 0 radical (unpaired) electrons. The molecular weight excluding hydrogens is 470 g/mol. The van der Waals surface area contributed by atoms with Crippen LogP contribution in [0.1, 0.15) is 54.3 Å². The minimum Gasteiger partial charge on any atom is -0.492 e. The van der Waals surface area contributed by atoms with Gasteiger partial charge in [0.05, 0.1) is 17.7 Å². The fraction of sp³-hybridized carbons (Fsp3) is 0.400. The van der Waals surface area contributed by atoms with Gasteiger partial charge in [-0.05, 0) is 56.0 Å². The smallest absolute Gasteiger partial charge is 0.262 e. The van der Waals surface area contributed by atoms with E-state index in [2.05, 4.69) is 5.32 Å². The lowest BCUT2D eigenvalue weighted by Crippen LogP contribution is -2.50. The van der Waals surface area contributed by atoms with Crippen LogP contribution in [0.2, 0.25) is 0 Å². The molecule has 2 heterocycles. The van der Waals surface area contributed by atoms with Crippen molar-refractivity contribution in [2.24, 2.45) is 5.92 Å². The molecule has 2 aliphatic rings. The highest BCUT2D eigenvalue weighted by atomic mass is 32.2. The average Bonchev–Trinajstić information content (AvgIpc) is 3.45. The van der Waals surface area contributed by atoms with Crippen LogP contribution >= 0.6 is 0 Å². The van der Waals surface area contributed by atoms with Gasteiger partial charge in [-0.1, -0.05) is 26.0 Å². The van der Waals surface area contributed by atoms with Gasteiger partial charge in [-0.2, -0.15) is 4.31 Å². The molecule has 1 fully saturated rings. The number of sulfonamides is 1. The predicted molar refractivity (Wildman–Crippen MR) is 130 cm³/mol. The molecule has 4 rings (SSSR count). The molecule has 186 valence electrons. The highest BCUT2D eigenvalue weighted by molar-refractivity contribution is 7.89. The van der Waals surface area contributed by atoms with Crippen LogP contribution in [-0.2, 0) is 14.8 Å². The van der Waals surface area contributed by atoms with Crippen LogP contribution in [0.4, 0.5) is 5.69 Å². The van der Waals surface area contributed by atoms with E-state index in [0.29, 0.717) is 13.1 Å². The zero-order chi connectivity index (χ0) is 25.3. The van der Waals surface area contributed by atoms with Crippen molar-refractivity contribution in [3.8, 4) is 5.75 Å². The highest BCUT2D eigenvalue weighted by Gasteiger charge is 2.44. The molecule has 2 aliphatic heterocycles. The number of anilines is 1. The van der Waals surface area contributed by atoms with E-state index in [9.17, 15) is 22.8 Å². The number of ether oxygens (including phenoxy) is 1. The maximum atomic E-state index is 13.4. The van der Waals surface area contributed by atoms with Gasteiger partial charge in [0, 0.05) is 18.8 Å². The fourth-order valence-electron chi connectivity index (χ4n) is 4.52. The van der Waals surface area contributed by atoms with Crippen molar-refractivity contribution < 1.29 is 27.5 Å². The average molecular weight is 500 g/mol. The summed E-state index contributed by atoms with van der Waals surface area (Å²) in [6.07, 6.45) is 1.58. The second kappa shape index (κ2) is 9.79. The largest absolute Gasteiger partial charge is 0.492 e. The number of fused-ring (bicyclic) bond motifs is 1. The van der Waals surface area contributed by atoms with Gasteiger partial charge in [0.15, 0.2) is 0 Å². The van der Waals surface area contributed by atoms with E-state index >= 15 is 0 Å². The van der Waals surface area contributed by atoms with E-state index in [0.717, 1.165) is 17.7 Å². The first-order valence-corrected chi connectivity index (χ1v) is 13.2. The zero-order valence-corrected chi connectivity index (χ0v) is 20.8. The molecule has 0 spiro atoms. The first kappa shape index (κ1) is 24.9. The summed E-state index contributed by atoms with van der Waals surface area (Å²) in [4.78, 5) is 40.3. The number of nitrogens with one attached hydrogen (secondary N) is 1. The van der Waals surface area contributed by atoms with Gasteiger partial charge in [-0.15, -0.1) is 0 Å². The number of nitrogens with zero attached hydrogens (tertiary/aromatic N) is 2. The van der Waals surface area contributed by atoms with E-state index in [-0.39, 0.29) is 40.0 Å². The van der Waals surface area contributed by atoms with Gasteiger partial charge in [0.25, 0.3) is 11.8 Å². The van der Waals surface area contributed by atoms with Crippen molar-refractivity contribution in [2.45, 2.75) is 44.6 Å². The third-order valence-electron chi connectivity index (χ3n) is 6.20. The summed E-state index contributed by atoms with van der Waals surface area (Å²) in [6, 6.07) is 9.81. The standard InChI is InChI=1S/C25H29N3O6S/c1-4-34-20-12-11-17(15-21(20)35(32,33)27-13-7-8-14-27)26-23(29)22(16(2)3)28-24(30)18-9-5-6-10-19(18)25(28)31/h5-6,9-12,15-16,22H,4,7-8,13-14H2,1-3H3,(H,26,29). The van der Waals surface area contributed by atoms with E-state index < -0.39 is 33.8 Å². The topological polar surface area (TPSA) is 113 Å². The van der Waals surface area contributed by atoms with Crippen molar-refractivity contribution in [3.63, 3.8) is 0 Å². The highest BCUT2D eigenvalue weighted by Crippen LogP contribution is 2.33. The molecule has 1 unspecified atom stereocenters. The normalized spacial score (nSPS) is 17.1. The van der Waals surface area contributed by atoms with Gasteiger partial charge in [-0.3, -0.25) is 19.3 Å². The number of amides is 3. The minimum absolute atomic E-state index is 0.0270. The Balaban J connectivity index is 1.64. The molecule has 2 aromatic rings. The third kappa shape index (κ3) is 4.55. The van der Waals surface area contributed by atoms with Crippen molar-refractivity contribution in [3.05, 3.63) is 53.6 Å². The number of hydrogen-bond donors (Lipinski definition) is 1. The minimum atomic E-state index is -3.82. The predicted octanol–water partition coefficient (Wildman–Crippen LogP) is 3.13. The van der Waals surface area contributed by atoms with Crippen LogP contribution in [0.15, 0.2) is 47.4 Å². The molecule has 0 bridgehead atoms. The first-order chi connectivity index (χ1) is 16.7. The van der Waals surface area contributed by atoms with E-state index in [1.165, 1.54) is 16.4 Å². The summed E-state index contributed by atoms with van der Waals surface area (Å²) in [7, 11) is -3.82. The lowest BCUT2D eigenvalue weighted by Gasteiger charge is -2.28. The summed E-state index contributed by atoms with van der Waals surface area (Å²) in [5, 5.41) is 2.72. The number of benzene rings is 2. The molecule has 0 saturated carbocycles. The van der Waals surface area contributed by atoms with Crippen LogP contribution in [-0.4, -0.2) is 61.1 Å². The molecule has 1 saturated heterocycles. The van der Waals surface area contributed by atoms with Gasteiger partial charge >= 0.3 is 0 Å². The maximum Gasteiger partial charge on any atom is 0.262 e. The third-order valence-corrected chi connectivity index (χ3v) is 8.12. The summed E-state index contributed by atoms with van der Waals surface area (Å²) in [5.41, 5.74) is 0.755. The van der Waals surface area contributed by atoms with Crippen LogP contribution in [0, 0.1) is 5.92 Å². The van der Waals surface area contributed by atoms with Crippen molar-refractivity contribution in [1.29, 1.82) is 0 Å². The summed E-state index contributed by atoms with van der Waals surface area (Å²) >= 11 is 0. The van der Waals surface area contributed by atoms with Gasteiger partial charge < -0.3 is 10.1 Å². The Bertz CT molecular complexity index is 1230. The lowest BCUT2D eigenvalue weighted by molar-refractivity contribution is -0.121. The molecule has 35 heavy (non-hydrogen) atoms. The lowest BCUT2D eigenvalue weighted by atomic mass is 10.0. The molecule has 3 amide bonds. The molecule has 0 aromatic heterocycles. The van der Waals surface area contributed by atoms with Gasteiger partial charge in [-0.25, -0.2) is 8.42 Å². The van der Waals surface area contributed by atoms with Gasteiger partial charge in [0.2, 0.25) is 15.9 Å². The van der Waals surface area contributed by atoms with Crippen LogP contribution in [0.5, 0.6) is 5.75 Å². The van der Waals surface area contributed by atoms with E-state index in [4.69, 9.17) is 4.74 Å².